The quantitative estimate of drug-likeness (QED) is 0.770. The highest BCUT2D eigenvalue weighted by Gasteiger charge is 2.15. The Hall–Kier alpha value is -0.710. The van der Waals surface area contributed by atoms with Gasteiger partial charge in [-0.2, -0.15) is 11.8 Å². The molecule has 4 heteroatoms. The maximum Gasteiger partial charge on any atom is 0.124 e. The van der Waals surface area contributed by atoms with E-state index in [1.54, 1.807) is 7.11 Å². The van der Waals surface area contributed by atoms with Gasteiger partial charge in [-0.05, 0) is 31.7 Å². The van der Waals surface area contributed by atoms with Crippen molar-refractivity contribution in [2.45, 2.75) is 32.4 Å². The molecule has 0 spiro atoms. The van der Waals surface area contributed by atoms with Crippen LogP contribution in [-0.2, 0) is 0 Å². The molecule has 0 heterocycles. The van der Waals surface area contributed by atoms with Crippen molar-refractivity contribution in [2.75, 3.05) is 25.7 Å². The smallest absolute Gasteiger partial charge is 0.124 e. The number of nitrogens with one attached hydrogen (secondary N) is 1. The van der Waals surface area contributed by atoms with Gasteiger partial charge in [-0.3, -0.25) is 0 Å². The Morgan fingerprint density at radius 1 is 1.42 bits per heavy atom. The largest absolute Gasteiger partial charge is 0.496 e. The Kier molecular flexibility index (Phi) is 7.28. The summed E-state index contributed by atoms with van der Waals surface area (Å²) in [4.78, 5) is 0. The third-order valence-electron chi connectivity index (χ3n) is 3.20. The summed E-state index contributed by atoms with van der Waals surface area (Å²) in [5.74, 6) is 1.81. The molecule has 0 amide bonds. The Bertz CT molecular complexity index is 384. The van der Waals surface area contributed by atoms with Gasteiger partial charge in [0.1, 0.15) is 5.75 Å². The van der Waals surface area contributed by atoms with E-state index in [9.17, 15) is 5.11 Å². The Balaban J connectivity index is 2.66. The molecule has 0 aliphatic carbocycles. The number of rotatable bonds is 8. The number of aliphatic hydroxyl groups excluding tert-OH is 1. The highest BCUT2D eigenvalue weighted by atomic mass is 32.2. The molecule has 3 nitrogen and oxygen atoms in total. The zero-order valence-corrected chi connectivity index (χ0v) is 13.1. The molecule has 108 valence electrons. The van der Waals surface area contributed by atoms with E-state index in [0.717, 1.165) is 29.1 Å². The zero-order valence-electron chi connectivity index (χ0n) is 12.3. The molecule has 19 heavy (non-hydrogen) atoms. The number of thioether (sulfide) groups is 1. The van der Waals surface area contributed by atoms with E-state index in [-0.39, 0.29) is 0 Å². The maximum absolute atomic E-state index is 10.3. The van der Waals surface area contributed by atoms with E-state index in [1.807, 2.05) is 36.9 Å². The minimum absolute atomic E-state index is 0.445. The second-order valence-electron chi connectivity index (χ2n) is 4.73. The Morgan fingerprint density at radius 3 is 2.74 bits per heavy atom. The molecule has 2 atom stereocenters. The van der Waals surface area contributed by atoms with Gasteiger partial charge in [0, 0.05) is 23.9 Å². The van der Waals surface area contributed by atoms with Gasteiger partial charge in [-0.15, -0.1) is 0 Å². The summed E-state index contributed by atoms with van der Waals surface area (Å²) in [7, 11) is 1.64. The summed E-state index contributed by atoms with van der Waals surface area (Å²) in [6.45, 7) is 4.73. The molecule has 0 fully saturated rings. The number of ether oxygens (including phenoxy) is 1. The van der Waals surface area contributed by atoms with Gasteiger partial charge in [0.2, 0.25) is 0 Å². The van der Waals surface area contributed by atoms with Gasteiger partial charge in [0.05, 0.1) is 13.2 Å². The monoisotopic (exact) mass is 283 g/mol. The van der Waals surface area contributed by atoms with E-state index < -0.39 is 6.10 Å². The van der Waals surface area contributed by atoms with E-state index in [0.29, 0.717) is 12.6 Å². The van der Waals surface area contributed by atoms with Crippen molar-refractivity contribution >= 4 is 11.8 Å². The molecule has 0 aromatic heterocycles. The first kappa shape index (κ1) is 16.3. The second-order valence-corrected chi connectivity index (χ2v) is 5.64. The molecule has 2 N–H and O–H groups in total. The molecule has 0 aliphatic rings. The highest BCUT2D eigenvalue weighted by Crippen LogP contribution is 2.26. The molecule has 0 aliphatic heterocycles. The molecular weight excluding hydrogens is 258 g/mol. The lowest BCUT2D eigenvalue weighted by Gasteiger charge is -2.20. The van der Waals surface area contributed by atoms with Crippen LogP contribution in [0.15, 0.2) is 18.2 Å². The lowest BCUT2D eigenvalue weighted by atomic mass is 10.0. The van der Waals surface area contributed by atoms with Crippen molar-refractivity contribution in [1.29, 1.82) is 0 Å². The molecule has 1 aromatic carbocycles. The highest BCUT2D eigenvalue weighted by molar-refractivity contribution is 7.98. The fraction of sp³-hybridized carbons (Fsp3) is 0.600. The number of aliphatic hydroxyl groups is 1. The first-order chi connectivity index (χ1) is 9.12. The molecular formula is C15H25NO2S. The lowest BCUT2D eigenvalue weighted by molar-refractivity contribution is 0.166. The van der Waals surface area contributed by atoms with E-state index in [2.05, 4.69) is 18.5 Å². The second kappa shape index (κ2) is 8.46. The predicted molar refractivity (Wildman–Crippen MR) is 83.2 cm³/mol. The van der Waals surface area contributed by atoms with Crippen LogP contribution in [0.25, 0.3) is 0 Å². The van der Waals surface area contributed by atoms with Gasteiger partial charge in [-0.1, -0.05) is 18.6 Å². The van der Waals surface area contributed by atoms with Gasteiger partial charge in [0.15, 0.2) is 0 Å². The Morgan fingerprint density at radius 2 is 2.16 bits per heavy atom. The molecule has 0 radical (unpaired) electrons. The summed E-state index contributed by atoms with van der Waals surface area (Å²) >= 11 is 1.82. The van der Waals surface area contributed by atoms with Gasteiger partial charge in [-0.25, -0.2) is 0 Å². The van der Waals surface area contributed by atoms with Crippen LogP contribution in [0.3, 0.4) is 0 Å². The summed E-state index contributed by atoms with van der Waals surface area (Å²) in [5, 5.41) is 13.7. The third-order valence-corrected chi connectivity index (χ3v) is 3.94. The number of aryl methyl sites for hydroxylation is 1. The zero-order chi connectivity index (χ0) is 14.3. The number of hydrogen-bond donors (Lipinski definition) is 2. The predicted octanol–water partition coefficient (Wildman–Crippen LogP) is 2.77. The van der Waals surface area contributed by atoms with E-state index in [1.165, 1.54) is 0 Å². The minimum atomic E-state index is -0.536. The van der Waals surface area contributed by atoms with Gasteiger partial charge >= 0.3 is 0 Å². The van der Waals surface area contributed by atoms with E-state index >= 15 is 0 Å². The third kappa shape index (κ3) is 5.05. The SMILES string of the molecule is CCC(CSC)NCC(O)c1cc(C)ccc1OC. The van der Waals surface area contributed by atoms with Crippen LogP contribution < -0.4 is 10.1 Å². The number of benzene rings is 1. The van der Waals surface area contributed by atoms with E-state index in [4.69, 9.17) is 4.74 Å². The molecule has 1 rings (SSSR count). The minimum Gasteiger partial charge on any atom is -0.496 e. The van der Waals surface area contributed by atoms with Crippen molar-refractivity contribution < 1.29 is 9.84 Å². The lowest BCUT2D eigenvalue weighted by Crippen LogP contribution is -2.34. The average molecular weight is 283 g/mol. The van der Waals surface area contributed by atoms with Crippen molar-refractivity contribution in [3.63, 3.8) is 0 Å². The standard InChI is InChI=1S/C15H25NO2S/c1-5-12(10-19-4)16-9-14(17)13-8-11(2)6-7-15(13)18-3/h6-8,12,14,16-17H,5,9-10H2,1-4H3. The van der Waals surface area contributed by atoms with Gasteiger partial charge < -0.3 is 15.2 Å². The van der Waals surface area contributed by atoms with Crippen LogP contribution in [-0.4, -0.2) is 36.8 Å². The number of hydrogen-bond acceptors (Lipinski definition) is 4. The summed E-state index contributed by atoms with van der Waals surface area (Å²) < 4.78 is 5.31. The van der Waals surface area contributed by atoms with Crippen molar-refractivity contribution in [2.24, 2.45) is 0 Å². The number of methoxy groups -OCH3 is 1. The first-order valence-corrected chi connectivity index (χ1v) is 8.06. The van der Waals surface area contributed by atoms with Crippen LogP contribution in [0.1, 0.15) is 30.6 Å². The fourth-order valence-electron chi connectivity index (χ4n) is 2.02. The van der Waals surface area contributed by atoms with Crippen LogP contribution in [0.2, 0.25) is 0 Å². The van der Waals surface area contributed by atoms with Crippen LogP contribution in [0.5, 0.6) is 5.75 Å². The summed E-state index contributed by atoms with van der Waals surface area (Å²) in [6.07, 6.45) is 2.63. The summed E-state index contributed by atoms with van der Waals surface area (Å²) in [5.41, 5.74) is 1.99. The topological polar surface area (TPSA) is 41.5 Å². The van der Waals surface area contributed by atoms with Crippen molar-refractivity contribution in [3.05, 3.63) is 29.3 Å². The van der Waals surface area contributed by atoms with Crippen LogP contribution in [0, 0.1) is 6.92 Å². The summed E-state index contributed by atoms with van der Waals surface area (Å²) in [6, 6.07) is 6.33. The molecule has 0 saturated heterocycles. The van der Waals surface area contributed by atoms with Gasteiger partial charge in [0.25, 0.3) is 0 Å². The first-order valence-electron chi connectivity index (χ1n) is 6.67. The average Bonchev–Trinajstić information content (AvgIpc) is 2.43. The van der Waals surface area contributed by atoms with Crippen LogP contribution >= 0.6 is 11.8 Å². The molecule has 2 unspecified atom stereocenters. The Labute approximate surface area is 120 Å². The molecule has 0 bridgehead atoms. The normalized spacial score (nSPS) is 14.2. The molecule has 1 aromatic rings. The maximum atomic E-state index is 10.3. The van der Waals surface area contributed by atoms with Crippen molar-refractivity contribution in [1.82, 2.24) is 5.32 Å². The van der Waals surface area contributed by atoms with Crippen LogP contribution in [0.4, 0.5) is 0 Å². The fourth-order valence-corrected chi connectivity index (χ4v) is 2.78. The molecule has 0 saturated carbocycles. The van der Waals surface area contributed by atoms with Crippen molar-refractivity contribution in [3.8, 4) is 5.75 Å².